The second kappa shape index (κ2) is 6.41. The van der Waals surface area contributed by atoms with Gasteiger partial charge in [0.2, 0.25) is 0 Å². The number of aromatic nitrogens is 1. The molecule has 1 fully saturated rings. The second-order valence-electron chi connectivity index (χ2n) is 6.04. The third kappa shape index (κ3) is 3.00. The van der Waals surface area contributed by atoms with E-state index in [4.69, 9.17) is 4.98 Å². The van der Waals surface area contributed by atoms with E-state index in [1.807, 2.05) is 0 Å². The van der Waals surface area contributed by atoms with Gasteiger partial charge in [0.1, 0.15) is 0 Å². The second-order valence-corrected chi connectivity index (χ2v) is 7.10. The number of aliphatic hydroxyl groups is 1. The Bertz CT molecular complexity index is 436. The van der Waals surface area contributed by atoms with Crippen LogP contribution in [0, 0.1) is 0 Å². The minimum Gasteiger partial charge on any atom is -0.391 e. The predicted octanol–water partition coefficient (Wildman–Crippen LogP) is 2.68. The molecule has 2 rings (SSSR count). The molecule has 1 N–H and O–H groups in total. The highest BCUT2D eigenvalue weighted by molar-refractivity contribution is 7.15. The van der Waals surface area contributed by atoms with Crippen molar-refractivity contribution in [3.63, 3.8) is 0 Å². The molecule has 0 aromatic carbocycles. The van der Waals surface area contributed by atoms with Gasteiger partial charge in [-0.25, -0.2) is 4.98 Å². The van der Waals surface area contributed by atoms with Crippen molar-refractivity contribution in [1.82, 2.24) is 9.88 Å². The van der Waals surface area contributed by atoms with Crippen molar-refractivity contribution in [3.05, 3.63) is 10.6 Å². The van der Waals surface area contributed by atoms with Crippen LogP contribution in [-0.4, -0.2) is 47.2 Å². The fraction of sp³-hybridized carbons (Fsp3) is 0.800. The Hall–Kier alpha value is -0.650. The lowest BCUT2D eigenvalue weighted by molar-refractivity contribution is 0.170. The summed E-state index contributed by atoms with van der Waals surface area (Å²) < 4.78 is 0. The smallest absolute Gasteiger partial charge is 0.185 e. The highest BCUT2D eigenvalue weighted by atomic mass is 32.1. The molecule has 3 unspecified atom stereocenters. The molecular formula is C15H27N3OS. The van der Waals surface area contributed by atoms with Crippen LogP contribution in [0.2, 0.25) is 0 Å². The largest absolute Gasteiger partial charge is 0.391 e. The van der Waals surface area contributed by atoms with Crippen molar-refractivity contribution < 1.29 is 5.11 Å². The molecule has 0 aliphatic carbocycles. The quantitative estimate of drug-likeness (QED) is 0.927. The first-order chi connectivity index (χ1) is 9.47. The van der Waals surface area contributed by atoms with Crippen LogP contribution in [0.4, 0.5) is 5.13 Å². The van der Waals surface area contributed by atoms with Gasteiger partial charge in [-0.05, 0) is 33.2 Å². The molecule has 1 aliphatic rings. The minimum absolute atomic E-state index is 0.107. The van der Waals surface area contributed by atoms with Crippen LogP contribution >= 0.6 is 11.3 Å². The van der Waals surface area contributed by atoms with E-state index >= 15 is 0 Å². The first kappa shape index (κ1) is 15.7. The van der Waals surface area contributed by atoms with E-state index in [-0.39, 0.29) is 6.61 Å². The van der Waals surface area contributed by atoms with Gasteiger partial charge in [-0.15, -0.1) is 0 Å². The molecule has 2 heterocycles. The minimum atomic E-state index is 0.107. The van der Waals surface area contributed by atoms with Gasteiger partial charge in [0.25, 0.3) is 0 Å². The normalized spacial score (nSPS) is 26.0. The third-order valence-electron chi connectivity index (χ3n) is 4.57. The van der Waals surface area contributed by atoms with E-state index in [0.717, 1.165) is 35.2 Å². The Kier molecular flexibility index (Phi) is 5.04. The molecule has 0 spiro atoms. The Morgan fingerprint density at radius 2 is 1.95 bits per heavy atom. The maximum Gasteiger partial charge on any atom is 0.185 e. The van der Waals surface area contributed by atoms with E-state index in [0.29, 0.717) is 18.0 Å². The van der Waals surface area contributed by atoms with Crippen LogP contribution in [0.3, 0.4) is 0 Å². The highest BCUT2D eigenvalue weighted by Crippen LogP contribution is 2.33. The summed E-state index contributed by atoms with van der Waals surface area (Å²) in [5.41, 5.74) is 1.09. The van der Waals surface area contributed by atoms with E-state index in [1.165, 1.54) is 0 Å². The van der Waals surface area contributed by atoms with E-state index in [9.17, 15) is 5.11 Å². The van der Waals surface area contributed by atoms with Crippen LogP contribution in [0.15, 0.2) is 0 Å². The first-order valence-electron chi connectivity index (χ1n) is 7.55. The lowest BCUT2D eigenvalue weighted by Crippen LogP contribution is -2.55. The topological polar surface area (TPSA) is 39.6 Å². The van der Waals surface area contributed by atoms with Gasteiger partial charge in [0.15, 0.2) is 5.13 Å². The summed E-state index contributed by atoms with van der Waals surface area (Å²) in [6.07, 6.45) is 1.06. The highest BCUT2D eigenvalue weighted by Gasteiger charge is 2.29. The molecule has 0 amide bonds. The molecule has 0 radical (unpaired) electrons. The zero-order valence-electron chi connectivity index (χ0n) is 13.3. The Morgan fingerprint density at radius 3 is 2.45 bits per heavy atom. The van der Waals surface area contributed by atoms with Gasteiger partial charge in [-0.1, -0.05) is 25.2 Å². The summed E-state index contributed by atoms with van der Waals surface area (Å²) >= 11 is 1.66. The molecule has 0 saturated carbocycles. The first-order valence-corrected chi connectivity index (χ1v) is 8.36. The molecule has 5 heteroatoms. The predicted molar refractivity (Wildman–Crippen MR) is 85.6 cm³/mol. The van der Waals surface area contributed by atoms with Gasteiger partial charge in [0.05, 0.1) is 17.2 Å². The maximum absolute atomic E-state index is 9.56. The molecule has 1 aromatic rings. The third-order valence-corrected chi connectivity index (χ3v) is 5.69. The Morgan fingerprint density at radius 1 is 1.35 bits per heavy atom. The molecule has 1 saturated heterocycles. The fourth-order valence-electron chi connectivity index (χ4n) is 2.74. The number of likely N-dealkylation sites (N-methyl/N-ethyl adjacent to an activating group) is 1. The SMILES string of the molecule is CCC(C)c1nc(N2CC(C)N(C)C(C)C2)sc1CO. The number of anilines is 1. The van der Waals surface area contributed by atoms with Gasteiger partial charge in [-0.2, -0.15) is 0 Å². The standard InChI is InChI=1S/C15H27N3OS/c1-6-10(2)14-13(9-19)20-15(16-14)18-7-11(3)17(5)12(4)8-18/h10-12,19H,6-9H2,1-5H3. The molecule has 1 aliphatic heterocycles. The van der Waals surface area contributed by atoms with Crippen molar-refractivity contribution in [2.45, 2.75) is 58.7 Å². The number of rotatable bonds is 4. The summed E-state index contributed by atoms with van der Waals surface area (Å²) in [5, 5.41) is 10.6. The average Bonchev–Trinajstić information content (AvgIpc) is 2.87. The summed E-state index contributed by atoms with van der Waals surface area (Å²) in [5.74, 6) is 0.421. The fourth-order valence-corrected chi connectivity index (χ4v) is 3.80. The zero-order valence-corrected chi connectivity index (χ0v) is 14.1. The monoisotopic (exact) mass is 297 g/mol. The van der Waals surface area contributed by atoms with E-state index in [1.54, 1.807) is 11.3 Å². The lowest BCUT2D eigenvalue weighted by atomic mass is 10.0. The molecule has 3 atom stereocenters. The van der Waals surface area contributed by atoms with Crippen molar-refractivity contribution in [2.75, 3.05) is 25.0 Å². The van der Waals surface area contributed by atoms with Crippen LogP contribution < -0.4 is 4.90 Å². The van der Waals surface area contributed by atoms with Crippen LogP contribution in [-0.2, 0) is 6.61 Å². The lowest BCUT2D eigenvalue weighted by Gasteiger charge is -2.42. The molecule has 20 heavy (non-hydrogen) atoms. The number of thiazole rings is 1. The summed E-state index contributed by atoms with van der Waals surface area (Å²) in [6.45, 7) is 11.0. The number of hydrogen-bond acceptors (Lipinski definition) is 5. The summed E-state index contributed by atoms with van der Waals surface area (Å²) in [7, 11) is 2.19. The van der Waals surface area contributed by atoms with Crippen LogP contribution in [0.5, 0.6) is 0 Å². The molecule has 0 bridgehead atoms. The zero-order chi connectivity index (χ0) is 14.9. The molecular weight excluding hydrogens is 270 g/mol. The molecule has 1 aromatic heterocycles. The van der Waals surface area contributed by atoms with Crippen LogP contribution in [0.25, 0.3) is 0 Å². The van der Waals surface area contributed by atoms with Gasteiger partial charge in [-0.3, -0.25) is 4.90 Å². The molecule has 114 valence electrons. The number of piperazine rings is 1. The van der Waals surface area contributed by atoms with Crippen molar-refractivity contribution in [2.24, 2.45) is 0 Å². The number of hydrogen-bond donors (Lipinski definition) is 1. The van der Waals surface area contributed by atoms with Gasteiger partial charge < -0.3 is 10.0 Å². The van der Waals surface area contributed by atoms with Gasteiger partial charge in [0, 0.05) is 25.2 Å². The summed E-state index contributed by atoms with van der Waals surface area (Å²) in [6, 6.07) is 1.07. The van der Waals surface area contributed by atoms with Crippen molar-refractivity contribution in [1.29, 1.82) is 0 Å². The Labute approximate surface area is 126 Å². The Balaban J connectivity index is 2.23. The number of nitrogens with zero attached hydrogens (tertiary/aromatic N) is 3. The average molecular weight is 297 g/mol. The van der Waals surface area contributed by atoms with E-state index in [2.05, 4.69) is 44.5 Å². The van der Waals surface area contributed by atoms with Crippen molar-refractivity contribution in [3.8, 4) is 0 Å². The maximum atomic E-state index is 9.56. The van der Waals surface area contributed by atoms with Crippen LogP contribution in [0.1, 0.15) is 50.6 Å². The summed E-state index contributed by atoms with van der Waals surface area (Å²) in [4.78, 5) is 10.7. The number of aliphatic hydroxyl groups excluding tert-OH is 1. The molecule has 4 nitrogen and oxygen atoms in total. The van der Waals surface area contributed by atoms with Gasteiger partial charge >= 0.3 is 0 Å². The van der Waals surface area contributed by atoms with Crippen molar-refractivity contribution >= 4 is 16.5 Å². The van der Waals surface area contributed by atoms with E-state index < -0.39 is 0 Å².